The molecule has 2 N–H and O–H groups in total. The number of carbonyl (C=O) groups excluding carboxylic acids is 1. The van der Waals surface area contributed by atoms with Crippen molar-refractivity contribution in [3.63, 3.8) is 0 Å². The maximum absolute atomic E-state index is 15.6. The summed E-state index contributed by atoms with van der Waals surface area (Å²) in [6, 6.07) is 16.2. The standard InChI is InChI=1S/C36H40FN9O3/c1-36(2,44-15-13-43(14-16-44)26-21-48-22-26)18-24(19-38)35(47)45-12-6-7-25(45)20-46-34-31(33(39)40-23-41-34)32(42-46)29-11-10-28(17-30(29)37)49-27-8-4-3-5-9-27/h3-5,8-11,17-18,23,25-26H,6-7,12-16,20-22H2,1-2H3,(H2,39,40,41)/t25-/m1/s1. The number of amides is 1. The Kier molecular flexibility index (Phi) is 9.02. The van der Waals surface area contributed by atoms with Gasteiger partial charge in [-0.15, -0.1) is 0 Å². The molecule has 0 unspecified atom stereocenters. The Morgan fingerprint density at radius 1 is 1.10 bits per heavy atom. The third-order valence-corrected chi connectivity index (χ3v) is 9.87. The van der Waals surface area contributed by atoms with Gasteiger partial charge in [-0.2, -0.15) is 10.4 Å². The molecule has 12 nitrogen and oxygen atoms in total. The number of hydrogen-bond acceptors (Lipinski definition) is 10. The quantitative estimate of drug-likeness (QED) is 0.204. The van der Waals surface area contributed by atoms with Crippen LogP contribution in [0.5, 0.6) is 11.5 Å². The number of benzene rings is 2. The molecular weight excluding hydrogens is 625 g/mol. The van der Waals surface area contributed by atoms with Crippen molar-refractivity contribution >= 4 is 22.8 Å². The van der Waals surface area contributed by atoms with Crippen LogP contribution in [0.4, 0.5) is 10.2 Å². The minimum atomic E-state index is -0.536. The number of nitrogens with zero attached hydrogens (tertiary/aromatic N) is 8. The van der Waals surface area contributed by atoms with Crippen molar-refractivity contribution in [3.8, 4) is 28.8 Å². The molecule has 3 aliphatic rings. The summed E-state index contributed by atoms with van der Waals surface area (Å²) >= 11 is 0. The maximum Gasteiger partial charge on any atom is 0.264 e. The van der Waals surface area contributed by atoms with Gasteiger partial charge in [-0.25, -0.2) is 19.0 Å². The fourth-order valence-corrected chi connectivity index (χ4v) is 7.05. The zero-order chi connectivity index (χ0) is 34.1. The summed E-state index contributed by atoms with van der Waals surface area (Å²) in [6.07, 6.45) is 4.67. The topological polar surface area (TPSA) is 139 Å². The molecule has 4 aromatic rings. The summed E-state index contributed by atoms with van der Waals surface area (Å²) < 4.78 is 28.5. The predicted octanol–water partition coefficient (Wildman–Crippen LogP) is 4.24. The summed E-state index contributed by atoms with van der Waals surface area (Å²) in [5.74, 6) is 0.276. The summed E-state index contributed by atoms with van der Waals surface area (Å²) in [5.41, 5.74) is 6.93. The van der Waals surface area contributed by atoms with E-state index in [0.717, 1.165) is 52.2 Å². The molecule has 0 radical (unpaired) electrons. The first-order chi connectivity index (χ1) is 23.7. The van der Waals surface area contributed by atoms with E-state index in [2.05, 4.69) is 39.7 Å². The molecular formula is C36H40FN9O3. The molecule has 5 heterocycles. The van der Waals surface area contributed by atoms with E-state index < -0.39 is 11.4 Å². The predicted molar refractivity (Wildman–Crippen MR) is 182 cm³/mol. The summed E-state index contributed by atoms with van der Waals surface area (Å²) in [6.45, 7) is 10.1. The van der Waals surface area contributed by atoms with Crippen LogP contribution < -0.4 is 10.5 Å². The van der Waals surface area contributed by atoms with Gasteiger partial charge in [0.1, 0.15) is 46.8 Å². The van der Waals surface area contributed by atoms with E-state index >= 15 is 4.39 Å². The molecule has 0 aliphatic carbocycles. The van der Waals surface area contributed by atoms with Crippen LogP contribution in [-0.4, -0.2) is 104 Å². The minimum Gasteiger partial charge on any atom is -0.457 e. The zero-order valence-corrected chi connectivity index (χ0v) is 27.8. The smallest absolute Gasteiger partial charge is 0.264 e. The van der Waals surface area contributed by atoms with Crippen molar-refractivity contribution < 1.29 is 18.7 Å². The molecule has 0 spiro atoms. The number of likely N-dealkylation sites (tertiary alicyclic amines) is 1. The number of aromatic nitrogens is 4. The van der Waals surface area contributed by atoms with Gasteiger partial charge in [0.05, 0.1) is 37.2 Å². The van der Waals surface area contributed by atoms with E-state index in [-0.39, 0.29) is 28.9 Å². The van der Waals surface area contributed by atoms with Gasteiger partial charge in [0, 0.05) is 49.9 Å². The molecule has 3 fully saturated rings. The number of fused-ring (bicyclic) bond motifs is 1. The number of piperazine rings is 1. The first-order valence-corrected chi connectivity index (χ1v) is 16.7. The van der Waals surface area contributed by atoms with E-state index in [9.17, 15) is 10.1 Å². The van der Waals surface area contributed by atoms with Crippen molar-refractivity contribution in [2.75, 3.05) is 51.7 Å². The first-order valence-electron chi connectivity index (χ1n) is 16.7. The second-order valence-electron chi connectivity index (χ2n) is 13.4. The number of nitrogens with two attached hydrogens (primary N) is 1. The molecule has 49 heavy (non-hydrogen) atoms. The molecule has 1 atom stereocenters. The molecule has 1 amide bonds. The number of para-hydroxylation sites is 1. The van der Waals surface area contributed by atoms with Crippen LogP contribution in [0.1, 0.15) is 26.7 Å². The maximum atomic E-state index is 15.6. The Balaban J connectivity index is 1.11. The van der Waals surface area contributed by atoms with E-state index in [1.807, 2.05) is 24.3 Å². The van der Waals surface area contributed by atoms with E-state index in [4.69, 9.17) is 20.3 Å². The number of rotatable bonds is 9. The summed E-state index contributed by atoms with van der Waals surface area (Å²) in [4.78, 5) is 29.1. The van der Waals surface area contributed by atoms with Crippen molar-refractivity contribution in [2.45, 2.75) is 50.9 Å². The van der Waals surface area contributed by atoms with Crippen molar-refractivity contribution in [2.24, 2.45) is 0 Å². The zero-order valence-electron chi connectivity index (χ0n) is 27.8. The Hall–Kier alpha value is -4.90. The third kappa shape index (κ3) is 6.59. The Bertz CT molecular complexity index is 1910. The van der Waals surface area contributed by atoms with E-state index in [1.165, 1.54) is 12.4 Å². The minimum absolute atomic E-state index is 0.129. The highest BCUT2D eigenvalue weighted by Gasteiger charge is 2.36. The van der Waals surface area contributed by atoms with Gasteiger partial charge in [-0.05, 0) is 57.0 Å². The lowest BCUT2D eigenvalue weighted by atomic mass is 9.97. The van der Waals surface area contributed by atoms with Crippen LogP contribution in [0.3, 0.4) is 0 Å². The fourth-order valence-electron chi connectivity index (χ4n) is 7.05. The lowest BCUT2D eigenvalue weighted by Gasteiger charge is -2.46. The van der Waals surface area contributed by atoms with Crippen molar-refractivity contribution in [1.82, 2.24) is 34.4 Å². The van der Waals surface area contributed by atoms with E-state index in [0.29, 0.717) is 47.4 Å². The Morgan fingerprint density at radius 2 is 1.88 bits per heavy atom. The third-order valence-electron chi connectivity index (χ3n) is 9.87. The van der Waals surface area contributed by atoms with Gasteiger partial charge in [-0.3, -0.25) is 14.6 Å². The van der Waals surface area contributed by atoms with Gasteiger partial charge in [-0.1, -0.05) is 18.2 Å². The number of hydrogen-bond donors (Lipinski definition) is 1. The van der Waals surface area contributed by atoms with Crippen LogP contribution in [0.15, 0.2) is 66.5 Å². The van der Waals surface area contributed by atoms with Gasteiger partial charge < -0.3 is 20.1 Å². The average Bonchev–Trinajstić information content (AvgIpc) is 3.69. The van der Waals surface area contributed by atoms with Gasteiger partial charge in [0.2, 0.25) is 0 Å². The van der Waals surface area contributed by atoms with Crippen LogP contribution >= 0.6 is 0 Å². The Morgan fingerprint density at radius 3 is 2.57 bits per heavy atom. The molecule has 2 aromatic heterocycles. The number of carbonyl (C=O) groups is 1. The SMILES string of the molecule is CC(C)(C=C(C#N)C(=O)N1CCC[C@@H]1Cn1nc(-c2ccc(Oc3ccccc3)cc2F)c2c(N)ncnc21)N1CCN(C2COC2)CC1. The second kappa shape index (κ2) is 13.5. The van der Waals surface area contributed by atoms with E-state index in [1.54, 1.807) is 33.8 Å². The van der Waals surface area contributed by atoms with Gasteiger partial charge >= 0.3 is 0 Å². The first kappa shape index (κ1) is 32.6. The van der Waals surface area contributed by atoms with Crippen LogP contribution in [0.25, 0.3) is 22.3 Å². The highest BCUT2D eigenvalue weighted by molar-refractivity contribution is 5.99. The number of halogens is 1. The lowest BCUT2D eigenvalue weighted by molar-refractivity contribution is -0.127. The fraction of sp³-hybridized carbons (Fsp3) is 0.417. The van der Waals surface area contributed by atoms with Crippen LogP contribution in [-0.2, 0) is 16.1 Å². The lowest BCUT2D eigenvalue weighted by Crippen LogP contribution is -2.59. The molecule has 7 rings (SSSR count). The number of nitriles is 1. The molecule has 0 saturated carbocycles. The summed E-state index contributed by atoms with van der Waals surface area (Å²) in [5, 5.41) is 15.4. The molecule has 3 saturated heterocycles. The number of nitrogen functional groups attached to an aromatic ring is 1. The van der Waals surface area contributed by atoms with Crippen molar-refractivity contribution in [1.29, 1.82) is 5.26 Å². The number of ether oxygens (including phenoxy) is 2. The largest absolute Gasteiger partial charge is 0.457 e. The molecule has 0 bridgehead atoms. The molecule has 13 heteroatoms. The number of anilines is 1. The molecule has 3 aliphatic heterocycles. The molecule has 2 aromatic carbocycles. The monoisotopic (exact) mass is 665 g/mol. The van der Waals surface area contributed by atoms with Crippen LogP contribution in [0.2, 0.25) is 0 Å². The van der Waals surface area contributed by atoms with Gasteiger partial charge in [0.15, 0.2) is 5.65 Å². The van der Waals surface area contributed by atoms with Crippen molar-refractivity contribution in [3.05, 3.63) is 72.3 Å². The van der Waals surface area contributed by atoms with Crippen LogP contribution in [0, 0.1) is 17.1 Å². The Labute approximate surface area is 284 Å². The highest BCUT2D eigenvalue weighted by Crippen LogP contribution is 2.35. The molecule has 254 valence electrons. The van der Waals surface area contributed by atoms with Gasteiger partial charge in [0.25, 0.3) is 5.91 Å². The highest BCUT2D eigenvalue weighted by atomic mass is 19.1. The average molecular weight is 666 g/mol. The second-order valence-corrected chi connectivity index (χ2v) is 13.4. The summed E-state index contributed by atoms with van der Waals surface area (Å²) in [7, 11) is 0. The normalized spacial score (nSPS) is 19.6.